The zero-order chi connectivity index (χ0) is 15.0. The van der Waals surface area contributed by atoms with Crippen LogP contribution in [0.15, 0.2) is 24.3 Å². The summed E-state index contributed by atoms with van der Waals surface area (Å²) in [6, 6.07) is 6.48. The monoisotopic (exact) mass is 346 g/mol. The van der Waals surface area contributed by atoms with Gasteiger partial charge in [0.1, 0.15) is 0 Å². The molecule has 0 unspecified atom stereocenters. The molecule has 1 rings (SSSR count). The molecule has 1 aromatic rings. The first-order chi connectivity index (χ1) is 9.45. The number of carbonyl (C=O) groups excluding carboxylic acids is 1. The molecule has 0 heterocycles. The molecule has 20 heavy (non-hydrogen) atoms. The third-order valence-corrected chi connectivity index (χ3v) is 3.65. The van der Waals surface area contributed by atoms with Crippen molar-refractivity contribution in [3.8, 4) is 0 Å². The van der Waals surface area contributed by atoms with E-state index in [1.165, 1.54) is 44.2 Å². The van der Waals surface area contributed by atoms with Gasteiger partial charge in [0.25, 0.3) is 0 Å². The van der Waals surface area contributed by atoms with Crippen LogP contribution in [0, 0.1) is 0 Å². The van der Waals surface area contributed by atoms with E-state index >= 15 is 0 Å². The summed E-state index contributed by atoms with van der Waals surface area (Å²) in [4.78, 5) is 7.86. The van der Waals surface area contributed by atoms with Crippen LogP contribution >= 0.6 is 15.9 Å². The third-order valence-electron chi connectivity index (χ3n) is 3.29. The second kappa shape index (κ2) is 8.50. The lowest BCUT2D eigenvalue weighted by atomic mass is 10.0. The summed E-state index contributed by atoms with van der Waals surface area (Å²) < 4.78 is 25.6. The average Bonchev–Trinajstić information content (AvgIpc) is 2.41. The van der Waals surface area contributed by atoms with Crippen molar-refractivity contribution < 1.29 is 13.6 Å². The Balaban J connectivity index is 2.38. The molecule has 0 saturated carbocycles. The second-order valence-corrected chi connectivity index (χ2v) is 6.04. The Kier molecular flexibility index (Phi) is 7.35. The van der Waals surface area contributed by atoms with Crippen molar-refractivity contribution in [3.63, 3.8) is 0 Å². The van der Waals surface area contributed by atoms with Crippen LogP contribution in [0.25, 0.3) is 0 Å². The fourth-order valence-electron chi connectivity index (χ4n) is 2.10. The molecule has 1 aromatic carbocycles. The Morgan fingerprint density at radius 2 is 1.60 bits per heavy atom. The summed E-state index contributed by atoms with van der Waals surface area (Å²) in [7, 11) is 0. The summed E-state index contributed by atoms with van der Waals surface area (Å²) in [5, 5.41) is 0. The van der Waals surface area contributed by atoms with Gasteiger partial charge in [0.05, 0.1) is 0 Å². The first kappa shape index (κ1) is 17.3. The summed E-state index contributed by atoms with van der Waals surface area (Å²) in [6.45, 7) is 2.19. The van der Waals surface area contributed by atoms with E-state index < -0.39 is 10.6 Å². The molecule has 112 valence electrons. The summed E-state index contributed by atoms with van der Waals surface area (Å²) in [6.07, 6.45) is 8.30. The number of Topliss-reactive ketones (excluding diaryl/α,β-unsaturated/α-hetero) is 1. The largest absolute Gasteiger partial charge is 0.363 e. The Bertz CT molecular complexity index is 409. The lowest BCUT2D eigenvalue weighted by molar-refractivity contribution is 0.0592. The van der Waals surface area contributed by atoms with Gasteiger partial charge in [0.15, 0.2) is 0 Å². The highest BCUT2D eigenvalue weighted by Crippen LogP contribution is 2.26. The fourth-order valence-corrected chi connectivity index (χ4v) is 2.32. The number of carbonyl (C=O) groups is 1. The molecule has 0 N–H and O–H groups in total. The highest BCUT2D eigenvalue weighted by atomic mass is 79.9. The summed E-state index contributed by atoms with van der Waals surface area (Å²) in [5.41, 5.74) is 1.13. The molecule has 0 saturated heterocycles. The molecule has 0 atom stereocenters. The van der Waals surface area contributed by atoms with Crippen molar-refractivity contribution in [2.45, 2.75) is 56.7 Å². The van der Waals surface area contributed by atoms with Gasteiger partial charge in [-0.15, -0.1) is 0 Å². The van der Waals surface area contributed by atoms with Crippen molar-refractivity contribution in [1.82, 2.24) is 0 Å². The van der Waals surface area contributed by atoms with E-state index in [9.17, 15) is 13.6 Å². The average molecular weight is 347 g/mol. The topological polar surface area (TPSA) is 17.1 Å². The van der Waals surface area contributed by atoms with Gasteiger partial charge in [-0.2, -0.15) is 8.78 Å². The standard InChI is InChI=1S/C16H21BrF2O/c1-2-3-4-5-6-7-8-13-9-11-14(12-10-13)15(20)16(17,18)19/h9-12H,2-8H2,1H3. The maximum Gasteiger partial charge on any atom is 0.363 e. The number of halogens is 3. The van der Waals surface area contributed by atoms with Crippen LogP contribution in [0.2, 0.25) is 0 Å². The van der Waals surface area contributed by atoms with Crippen molar-refractivity contribution in [3.05, 3.63) is 35.4 Å². The number of benzene rings is 1. The van der Waals surface area contributed by atoms with Gasteiger partial charge in [0, 0.05) is 5.56 Å². The molecule has 4 heteroatoms. The van der Waals surface area contributed by atoms with Gasteiger partial charge in [0.2, 0.25) is 5.78 Å². The first-order valence-corrected chi connectivity index (χ1v) is 7.95. The molecular weight excluding hydrogens is 326 g/mol. The van der Waals surface area contributed by atoms with Crippen LogP contribution in [0.3, 0.4) is 0 Å². The molecule has 0 bridgehead atoms. The lowest BCUT2D eigenvalue weighted by Crippen LogP contribution is -2.20. The SMILES string of the molecule is CCCCCCCCc1ccc(C(=O)C(F)(F)Br)cc1. The summed E-state index contributed by atoms with van der Waals surface area (Å²) in [5.74, 6) is -1.19. The van der Waals surface area contributed by atoms with E-state index in [4.69, 9.17) is 0 Å². The fraction of sp³-hybridized carbons (Fsp3) is 0.562. The van der Waals surface area contributed by atoms with Gasteiger partial charge in [-0.05, 0) is 34.3 Å². The number of hydrogen-bond acceptors (Lipinski definition) is 1. The minimum absolute atomic E-state index is 0.0403. The maximum absolute atomic E-state index is 12.8. The Hall–Kier alpha value is -0.770. The second-order valence-electron chi connectivity index (χ2n) is 5.04. The molecule has 1 nitrogen and oxygen atoms in total. The van der Waals surface area contributed by atoms with Crippen LogP contribution in [-0.4, -0.2) is 10.6 Å². The molecule has 0 aromatic heterocycles. The maximum atomic E-state index is 12.8. The normalized spacial score (nSPS) is 11.6. The van der Waals surface area contributed by atoms with Crippen LogP contribution in [0.1, 0.15) is 61.4 Å². The van der Waals surface area contributed by atoms with E-state index in [1.807, 2.05) is 0 Å². The molecule has 0 fully saturated rings. The first-order valence-electron chi connectivity index (χ1n) is 7.15. The Morgan fingerprint density at radius 1 is 1.05 bits per heavy atom. The Morgan fingerprint density at radius 3 is 2.15 bits per heavy atom. The number of ketones is 1. The molecule has 0 aliphatic rings. The zero-order valence-electron chi connectivity index (χ0n) is 11.8. The number of aryl methyl sites for hydroxylation is 1. The predicted molar refractivity (Wildman–Crippen MR) is 81.7 cm³/mol. The quantitative estimate of drug-likeness (QED) is 0.315. The van der Waals surface area contributed by atoms with Gasteiger partial charge in [-0.25, -0.2) is 0 Å². The highest BCUT2D eigenvalue weighted by Gasteiger charge is 2.35. The van der Waals surface area contributed by atoms with Crippen LogP contribution in [0.5, 0.6) is 0 Å². The smallest absolute Gasteiger partial charge is 0.286 e. The van der Waals surface area contributed by atoms with Gasteiger partial charge in [-0.1, -0.05) is 63.3 Å². The van der Waals surface area contributed by atoms with Gasteiger partial charge >= 0.3 is 4.83 Å². The van der Waals surface area contributed by atoms with Gasteiger partial charge < -0.3 is 0 Å². The highest BCUT2D eigenvalue weighted by molar-refractivity contribution is 9.10. The number of unbranched alkanes of at least 4 members (excludes halogenated alkanes) is 5. The number of hydrogen-bond donors (Lipinski definition) is 0. The van der Waals surface area contributed by atoms with Gasteiger partial charge in [-0.3, -0.25) is 4.79 Å². The molecule has 0 amide bonds. The molecular formula is C16H21BrF2O. The number of rotatable bonds is 9. The van der Waals surface area contributed by atoms with Crippen LogP contribution < -0.4 is 0 Å². The Labute approximate surface area is 127 Å². The third kappa shape index (κ3) is 6.12. The molecule has 0 aliphatic carbocycles. The lowest BCUT2D eigenvalue weighted by Gasteiger charge is -2.08. The van der Waals surface area contributed by atoms with Crippen molar-refractivity contribution >= 4 is 21.7 Å². The van der Waals surface area contributed by atoms with Crippen LogP contribution in [0.4, 0.5) is 8.78 Å². The minimum Gasteiger partial charge on any atom is -0.286 e. The molecule has 0 radical (unpaired) electrons. The van der Waals surface area contributed by atoms with Crippen molar-refractivity contribution in [1.29, 1.82) is 0 Å². The van der Waals surface area contributed by atoms with E-state index in [2.05, 4.69) is 22.9 Å². The van der Waals surface area contributed by atoms with Crippen molar-refractivity contribution in [2.24, 2.45) is 0 Å². The van der Waals surface area contributed by atoms with Crippen molar-refractivity contribution in [2.75, 3.05) is 0 Å². The zero-order valence-corrected chi connectivity index (χ0v) is 13.4. The minimum atomic E-state index is -3.48. The summed E-state index contributed by atoms with van der Waals surface area (Å²) >= 11 is 2.09. The predicted octanol–water partition coefficient (Wildman–Crippen LogP) is 5.76. The van der Waals surface area contributed by atoms with Crippen LogP contribution in [-0.2, 0) is 6.42 Å². The number of alkyl halides is 3. The molecule has 0 aliphatic heterocycles. The van der Waals surface area contributed by atoms with E-state index in [1.54, 1.807) is 12.1 Å². The molecule has 0 spiro atoms. The van der Waals surface area contributed by atoms with E-state index in [0.29, 0.717) is 0 Å². The van der Waals surface area contributed by atoms with E-state index in [-0.39, 0.29) is 5.56 Å². The van der Waals surface area contributed by atoms with E-state index in [0.717, 1.165) is 18.4 Å².